The van der Waals surface area contributed by atoms with E-state index in [2.05, 4.69) is 10.1 Å². The number of aliphatic carboxylic acids is 1. The minimum Gasteiger partial charge on any atom is -0.478 e. The number of nitrogens with zero attached hydrogens (tertiary/aromatic N) is 3. The average Bonchev–Trinajstić information content (AvgIpc) is 2.41. The molecule has 0 bridgehead atoms. The summed E-state index contributed by atoms with van der Waals surface area (Å²) in [5.74, 6) is 0.523. The van der Waals surface area contributed by atoms with Gasteiger partial charge in [-0.3, -0.25) is 0 Å². The zero-order valence-electron chi connectivity index (χ0n) is 8.43. The van der Waals surface area contributed by atoms with Crippen molar-refractivity contribution in [3.8, 4) is 0 Å². The third-order valence-electron chi connectivity index (χ3n) is 1.81. The summed E-state index contributed by atoms with van der Waals surface area (Å²) in [6.45, 7) is 5.50. The molecule has 1 atom stereocenters. The fraction of sp³-hybridized carbons (Fsp3) is 0.444. The molecule has 1 aromatic heterocycles. The van der Waals surface area contributed by atoms with Crippen molar-refractivity contribution in [1.82, 2.24) is 14.8 Å². The number of hydrogen-bond donors (Lipinski definition) is 1. The predicted molar refractivity (Wildman–Crippen MR) is 51.0 cm³/mol. The summed E-state index contributed by atoms with van der Waals surface area (Å²) in [4.78, 5) is 14.4. The lowest BCUT2D eigenvalue weighted by Gasteiger charge is -2.07. The quantitative estimate of drug-likeness (QED) is 0.733. The Balaban J connectivity index is 2.84. The first-order chi connectivity index (χ1) is 6.50. The van der Waals surface area contributed by atoms with Crippen LogP contribution in [0.2, 0.25) is 0 Å². The molecule has 0 saturated carbocycles. The summed E-state index contributed by atoms with van der Waals surface area (Å²) < 4.78 is 1.69. The molecule has 0 aliphatic carbocycles. The molecule has 14 heavy (non-hydrogen) atoms. The number of carboxylic acids is 1. The predicted octanol–water partition coefficient (Wildman–Crippen LogP) is 1.10. The van der Waals surface area contributed by atoms with E-state index in [9.17, 15) is 4.79 Å². The Kier molecular flexibility index (Phi) is 3.01. The van der Waals surface area contributed by atoms with E-state index in [-0.39, 0.29) is 6.04 Å². The van der Waals surface area contributed by atoms with E-state index in [1.807, 2.05) is 13.8 Å². The molecule has 0 saturated heterocycles. The van der Waals surface area contributed by atoms with E-state index >= 15 is 0 Å². The number of rotatable bonds is 3. The van der Waals surface area contributed by atoms with E-state index in [1.54, 1.807) is 17.7 Å². The molecule has 1 rings (SSSR count). The summed E-state index contributed by atoms with van der Waals surface area (Å²) in [6, 6.07) is -0.0905. The Morgan fingerprint density at radius 1 is 1.57 bits per heavy atom. The van der Waals surface area contributed by atoms with Crippen LogP contribution in [0.1, 0.15) is 24.6 Å². The van der Waals surface area contributed by atoms with Crippen LogP contribution >= 0.6 is 0 Å². The maximum absolute atomic E-state index is 10.3. The van der Waals surface area contributed by atoms with Gasteiger partial charge in [0.25, 0.3) is 0 Å². The van der Waals surface area contributed by atoms with E-state index < -0.39 is 5.97 Å². The largest absolute Gasteiger partial charge is 0.478 e. The second-order valence-corrected chi connectivity index (χ2v) is 3.09. The molecule has 1 aromatic rings. The number of allylic oxidation sites excluding steroid dienone is 1. The highest BCUT2D eigenvalue weighted by atomic mass is 16.4. The second kappa shape index (κ2) is 4.04. The first-order valence-corrected chi connectivity index (χ1v) is 4.31. The van der Waals surface area contributed by atoms with Crippen LogP contribution in [0.4, 0.5) is 0 Å². The van der Waals surface area contributed by atoms with Crippen LogP contribution < -0.4 is 0 Å². The topological polar surface area (TPSA) is 68.0 Å². The average molecular weight is 195 g/mol. The van der Waals surface area contributed by atoms with Crippen molar-refractivity contribution in [1.29, 1.82) is 0 Å². The third-order valence-corrected chi connectivity index (χ3v) is 1.81. The number of hydrogen-bond acceptors (Lipinski definition) is 3. The van der Waals surface area contributed by atoms with Gasteiger partial charge in [-0.25, -0.2) is 14.5 Å². The Bertz CT molecular complexity index is 368. The molecule has 1 unspecified atom stereocenters. The third kappa shape index (κ3) is 2.42. The number of carboxylic acid groups (broad SMARTS) is 1. The highest BCUT2D eigenvalue weighted by Crippen LogP contribution is 2.08. The maximum Gasteiger partial charge on any atom is 0.328 e. The smallest absolute Gasteiger partial charge is 0.328 e. The Hall–Kier alpha value is -1.65. The van der Waals surface area contributed by atoms with E-state index in [1.165, 1.54) is 0 Å². The maximum atomic E-state index is 10.3. The van der Waals surface area contributed by atoms with Gasteiger partial charge in [0.15, 0.2) is 0 Å². The molecule has 1 heterocycles. The Morgan fingerprint density at radius 2 is 2.21 bits per heavy atom. The zero-order valence-corrected chi connectivity index (χ0v) is 8.43. The molecule has 0 radical (unpaired) electrons. The van der Waals surface area contributed by atoms with Gasteiger partial charge in [0.1, 0.15) is 11.6 Å². The van der Waals surface area contributed by atoms with E-state index in [0.29, 0.717) is 5.82 Å². The monoisotopic (exact) mass is 195 g/mol. The first-order valence-electron chi connectivity index (χ1n) is 4.31. The summed E-state index contributed by atoms with van der Waals surface area (Å²) in [5, 5.41) is 12.6. The summed E-state index contributed by atoms with van der Waals surface area (Å²) in [7, 11) is 0. The van der Waals surface area contributed by atoms with Crippen molar-refractivity contribution >= 4 is 5.97 Å². The highest BCUT2D eigenvalue weighted by molar-refractivity contribution is 5.79. The normalized spacial score (nSPS) is 13.4. The van der Waals surface area contributed by atoms with Crippen LogP contribution in [0.3, 0.4) is 0 Å². The van der Waals surface area contributed by atoms with Crippen LogP contribution in [0.5, 0.6) is 0 Å². The van der Waals surface area contributed by atoms with Gasteiger partial charge in [0.2, 0.25) is 0 Å². The molecule has 0 spiro atoms. The molecular weight excluding hydrogens is 182 g/mol. The zero-order chi connectivity index (χ0) is 10.7. The van der Waals surface area contributed by atoms with Gasteiger partial charge in [0, 0.05) is 6.08 Å². The highest BCUT2D eigenvalue weighted by Gasteiger charge is 2.07. The van der Waals surface area contributed by atoms with Gasteiger partial charge < -0.3 is 5.11 Å². The molecule has 0 aromatic carbocycles. The molecule has 0 amide bonds. The molecule has 0 aliphatic rings. The number of aryl methyl sites for hydroxylation is 2. The van der Waals surface area contributed by atoms with Gasteiger partial charge in [-0.05, 0) is 20.8 Å². The lowest BCUT2D eigenvalue weighted by molar-refractivity contribution is -0.131. The van der Waals surface area contributed by atoms with Crippen molar-refractivity contribution in [2.45, 2.75) is 26.8 Å². The lowest BCUT2D eigenvalue weighted by Crippen LogP contribution is -2.07. The summed E-state index contributed by atoms with van der Waals surface area (Å²) in [6.07, 6.45) is 2.69. The van der Waals surface area contributed by atoms with Gasteiger partial charge in [0.05, 0.1) is 6.04 Å². The van der Waals surface area contributed by atoms with Gasteiger partial charge >= 0.3 is 5.97 Å². The SMILES string of the molecule is Cc1nc(C)n(C(C)/C=C/C(=O)O)n1. The molecule has 1 N–H and O–H groups in total. The first kappa shape index (κ1) is 10.4. The molecule has 0 fully saturated rings. The fourth-order valence-corrected chi connectivity index (χ4v) is 1.22. The molecule has 5 heteroatoms. The van der Waals surface area contributed by atoms with E-state index in [4.69, 9.17) is 5.11 Å². The van der Waals surface area contributed by atoms with Gasteiger partial charge in [-0.2, -0.15) is 5.10 Å². The van der Waals surface area contributed by atoms with Crippen molar-refractivity contribution in [3.63, 3.8) is 0 Å². The van der Waals surface area contributed by atoms with Crippen molar-refractivity contribution in [2.24, 2.45) is 0 Å². The van der Waals surface area contributed by atoms with Crippen molar-refractivity contribution in [3.05, 3.63) is 23.8 Å². The molecule has 0 aliphatic heterocycles. The minimum atomic E-state index is -0.952. The molecule has 5 nitrogen and oxygen atoms in total. The Labute approximate surface area is 82.1 Å². The van der Waals surface area contributed by atoms with E-state index in [0.717, 1.165) is 11.9 Å². The second-order valence-electron chi connectivity index (χ2n) is 3.09. The van der Waals surface area contributed by atoms with Crippen LogP contribution in [-0.4, -0.2) is 25.8 Å². The molecule has 76 valence electrons. The standard InChI is InChI=1S/C9H13N3O2/c1-6(4-5-9(13)14)12-8(3)10-7(2)11-12/h4-6H,1-3H3,(H,13,14)/b5-4+. The van der Waals surface area contributed by atoms with Crippen LogP contribution in [0, 0.1) is 13.8 Å². The van der Waals surface area contributed by atoms with Crippen molar-refractivity contribution < 1.29 is 9.90 Å². The summed E-state index contributed by atoms with van der Waals surface area (Å²) >= 11 is 0. The van der Waals surface area contributed by atoms with Crippen LogP contribution in [0.15, 0.2) is 12.2 Å². The summed E-state index contributed by atoms with van der Waals surface area (Å²) in [5.41, 5.74) is 0. The van der Waals surface area contributed by atoms with Crippen molar-refractivity contribution in [2.75, 3.05) is 0 Å². The number of carbonyl (C=O) groups is 1. The van der Waals surface area contributed by atoms with Crippen LogP contribution in [-0.2, 0) is 4.79 Å². The lowest BCUT2D eigenvalue weighted by atomic mass is 10.3. The van der Waals surface area contributed by atoms with Gasteiger partial charge in [-0.1, -0.05) is 6.08 Å². The Morgan fingerprint density at radius 3 is 2.64 bits per heavy atom. The van der Waals surface area contributed by atoms with Crippen LogP contribution in [0.25, 0.3) is 0 Å². The molecular formula is C9H13N3O2. The van der Waals surface area contributed by atoms with Gasteiger partial charge in [-0.15, -0.1) is 0 Å². The number of aromatic nitrogens is 3. The minimum absolute atomic E-state index is 0.0905. The fourth-order valence-electron chi connectivity index (χ4n) is 1.22.